The van der Waals surface area contributed by atoms with E-state index in [-0.39, 0.29) is 0 Å². The third-order valence-electron chi connectivity index (χ3n) is 3.94. The van der Waals surface area contributed by atoms with Gasteiger partial charge < -0.3 is 15.2 Å². The standard InChI is InChI=1S/C20H22N2O2/c1-13-4-9-17-19(21-12-14(2)23)11-18(22-20(17)10-13)15-5-7-16(24-3)8-6-15/h4-11,14,23H,12H2,1-3H3,(H,21,22). The van der Waals surface area contributed by atoms with Crippen molar-refractivity contribution in [1.82, 2.24) is 4.98 Å². The van der Waals surface area contributed by atoms with E-state index in [9.17, 15) is 5.11 Å². The van der Waals surface area contributed by atoms with E-state index in [2.05, 4.69) is 30.4 Å². The molecule has 2 aromatic carbocycles. The minimum absolute atomic E-state index is 0.414. The zero-order valence-corrected chi connectivity index (χ0v) is 14.2. The summed E-state index contributed by atoms with van der Waals surface area (Å²) < 4.78 is 5.22. The molecule has 24 heavy (non-hydrogen) atoms. The monoisotopic (exact) mass is 322 g/mol. The first-order chi connectivity index (χ1) is 11.6. The Hall–Kier alpha value is -2.59. The second-order valence-electron chi connectivity index (χ2n) is 6.03. The lowest BCUT2D eigenvalue weighted by atomic mass is 10.1. The normalized spacial score (nSPS) is 12.2. The molecule has 3 aromatic rings. The lowest BCUT2D eigenvalue weighted by Gasteiger charge is -2.14. The van der Waals surface area contributed by atoms with Crippen LogP contribution in [0.15, 0.2) is 48.5 Å². The van der Waals surface area contributed by atoms with Crippen molar-refractivity contribution in [3.05, 3.63) is 54.1 Å². The van der Waals surface area contributed by atoms with E-state index >= 15 is 0 Å². The van der Waals surface area contributed by atoms with Crippen LogP contribution in [0.2, 0.25) is 0 Å². The summed E-state index contributed by atoms with van der Waals surface area (Å²) in [7, 11) is 1.66. The van der Waals surface area contributed by atoms with Crippen molar-refractivity contribution < 1.29 is 9.84 Å². The van der Waals surface area contributed by atoms with Crippen molar-refractivity contribution in [2.24, 2.45) is 0 Å². The van der Waals surface area contributed by atoms with Gasteiger partial charge in [0.15, 0.2) is 0 Å². The van der Waals surface area contributed by atoms with E-state index in [1.807, 2.05) is 30.3 Å². The molecule has 0 amide bonds. The van der Waals surface area contributed by atoms with Crippen molar-refractivity contribution in [2.75, 3.05) is 19.0 Å². The second-order valence-corrected chi connectivity index (χ2v) is 6.03. The van der Waals surface area contributed by atoms with Gasteiger partial charge in [0.1, 0.15) is 5.75 Å². The number of nitrogens with one attached hydrogen (secondary N) is 1. The fraction of sp³-hybridized carbons (Fsp3) is 0.250. The van der Waals surface area contributed by atoms with Crippen molar-refractivity contribution in [3.63, 3.8) is 0 Å². The maximum absolute atomic E-state index is 9.58. The summed E-state index contributed by atoms with van der Waals surface area (Å²) in [5, 5.41) is 14.0. The SMILES string of the molecule is COc1ccc(-c2cc(NCC(C)O)c3ccc(C)cc3n2)cc1. The maximum Gasteiger partial charge on any atom is 0.118 e. The molecule has 0 saturated heterocycles. The molecule has 0 saturated carbocycles. The fourth-order valence-electron chi connectivity index (χ4n) is 2.65. The van der Waals surface area contributed by atoms with Crippen LogP contribution in [0, 0.1) is 6.92 Å². The molecule has 1 heterocycles. The molecule has 0 bridgehead atoms. The number of aliphatic hydroxyl groups is 1. The number of ether oxygens (including phenoxy) is 1. The highest BCUT2D eigenvalue weighted by Gasteiger charge is 2.09. The van der Waals surface area contributed by atoms with E-state index in [1.54, 1.807) is 14.0 Å². The highest BCUT2D eigenvalue weighted by Crippen LogP contribution is 2.29. The molecule has 1 atom stereocenters. The van der Waals surface area contributed by atoms with E-state index in [1.165, 1.54) is 5.56 Å². The largest absolute Gasteiger partial charge is 0.497 e. The summed E-state index contributed by atoms with van der Waals surface area (Å²) in [5.41, 5.74) is 5.01. The van der Waals surface area contributed by atoms with Gasteiger partial charge in [0.25, 0.3) is 0 Å². The molecule has 0 aliphatic rings. The van der Waals surface area contributed by atoms with Crippen molar-refractivity contribution in [2.45, 2.75) is 20.0 Å². The summed E-state index contributed by atoms with van der Waals surface area (Å²) in [4.78, 5) is 4.81. The topological polar surface area (TPSA) is 54.4 Å². The third kappa shape index (κ3) is 3.49. The molecular formula is C20H22N2O2. The average molecular weight is 322 g/mol. The quantitative estimate of drug-likeness (QED) is 0.745. The Morgan fingerprint density at radius 3 is 2.54 bits per heavy atom. The Morgan fingerprint density at radius 2 is 1.88 bits per heavy atom. The van der Waals surface area contributed by atoms with Crippen LogP contribution in [0.1, 0.15) is 12.5 Å². The van der Waals surface area contributed by atoms with Crippen LogP contribution >= 0.6 is 0 Å². The van der Waals surface area contributed by atoms with Crippen LogP contribution in [0.4, 0.5) is 5.69 Å². The maximum atomic E-state index is 9.58. The first-order valence-corrected chi connectivity index (χ1v) is 8.04. The number of benzene rings is 2. The van der Waals surface area contributed by atoms with Crippen LogP contribution in [-0.2, 0) is 0 Å². The average Bonchev–Trinajstić information content (AvgIpc) is 2.59. The minimum Gasteiger partial charge on any atom is -0.497 e. The number of aromatic nitrogens is 1. The van der Waals surface area contributed by atoms with Gasteiger partial charge in [0, 0.05) is 23.2 Å². The van der Waals surface area contributed by atoms with E-state index in [4.69, 9.17) is 9.72 Å². The zero-order chi connectivity index (χ0) is 17.1. The van der Waals surface area contributed by atoms with Crippen molar-refractivity contribution >= 4 is 16.6 Å². The smallest absolute Gasteiger partial charge is 0.118 e. The molecule has 0 aliphatic heterocycles. The molecule has 124 valence electrons. The number of pyridine rings is 1. The molecule has 0 spiro atoms. The first-order valence-electron chi connectivity index (χ1n) is 8.04. The zero-order valence-electron chi connectivity index (χ0n) is 14.2. The molecule has 0 fully saturated rings. The number of hydrogen-bond acceptors (Lipinski definition) is 4. The van der Waals surface area contributed by atoms with Gasteiger partial charge in [-0.05, 0) is 55.8 Å². The number of rotatable bonds is 5. The van der Waals surface area contributed by atoms with Gasteiger partial charge in [-0.15, -0.1) is 0 Å². The highest BCUT2D eigenvalue weighted by atomic mass is 16.5. The number of nitrogens with zero attached hydrogens (tertiary/aromatic N) is 1. The number of aliphatic hydroxyl groups excluding tert-OH is 1. The predicted molar refractivity (Wildman–Crippen MR) is 98.6 cm³/mol. The Kier molecular flexibility index (Phi) is 4.67. The molecule has 3 rings (SSSR count). The minimum atomic E-state index is -0.414. The van der Waals surface area contributed by atoms with Gasteiger partial charge in [-0.3, -0.25) is 0 Å². The summed E-state index contributed by atoms with van der Waals surface area (Å²) in [6, 6.07) is 16.1. The molecular weight excluding hydrogens is 300 g/mol. The number of aryl methyl sites for hydroxylation is 1. The van der Waals surface area contributed by atoms with Crippen LogP contribution in [0.3, 0.4) is 0 Å². The van der Waals surface area contributed by atoms with Gasteiger partial charge in [-0.1, -0.05) is 12.1 Å². The van der Waals surface area contributed by atoms with Gasteiger partial charge in [-0.2, -0.15) is 0 Å². The number of methoxy groups -OCH3 is 1. The van der Waals surface area contributed by atoms with Crippen LogP contribution in [0.5, 0.6) is 5.75 Å². The summed E-state index contributed by atoms with van der Waals surface area (Å²) in [6.07, 6.45) is -0.414. The Morgan fingerprint density at radius 1 is 1.12 bits per heavy atom. The highest BCUT2D eigenvalue weighted by molar-refractivity contribution is 5.94. The molecule has 1 aromatic heterocycles. The van der Waals surface area contributed by atoms with Gasteiger partial charge >= 0.3 is 0 Å². The number of anilines is 1. The molecule has 2 N–H and O–H groups in total. The summed E-state index contributed by atoms with van der Waals surface area (Å²) in [5.74, 6) is 0.822. The molecule has 4 nitrogen and oxygen atoms in total. The van der Waals surface area contributed by atoms with Gasteiger partial charge in [-0.25, -0.2) is 4.98 Å². The van der Waals surface area contributed by atoms with Crippen molar-refractivity contribution in [1.29, 1.82) is 0 Å². The summed E-state index contributed by atoms with van der Waals surface area (Å²) >= 11 is 0. The number of fused-ring (bicyclic) bond motifs is 1. The first kappa shape index (κ1) is 16.3. The molecule has 0 radical (unpaired) electrons. The Bertz CT molecular complexity index is 842. The fourth-order valence-corrected chi connectivity index (χ4v) is 2.65. The van der Waals surface area contributed by atoms with Crippen LogP contribution < -0.4 is 10.1 Å². The second kappa shape index (κ2) is 6.89. The molecule has 4 heteroatoms. The number of hydrogen-bond donors (Lipinski definition) is 2. The molecule has 1 unspecified atom stereocenters. The lowest BCUT2D eigenvalue weighted by molar-refractivity contribution is 0.208. The Labute approximate surface area is 142 Å². The van der Waals surface area contributed by atoms with Gasteiger partial charge in [0.2, 0.25) is 0 Å². The Balaban J connectivity index is 2.09. The van der Waals surface area contributed by atoms with Gasteiger partial charge in [0.05, 0.1) is 24.4 Å². The predicted octanol–water partition coefficient (Wildman–Crippen LogP) is 4.01. The lowest BCUT2D eigenvalue weighted by Crippen LogP contribution is -2.15. The van der Waals surface area contributed by atoms with E-state index in [0.29, 0.717) is 6.54 Å². The van der Waals surface area contributed by atoms with Crippen molar-refractivity contribution in [3.8, 4) is 17.0 Å². The van der Waals surface area contributed by atoms with E-state index < -0.39 is 6.10 Å². The van der Waals surface area contributed by atoms with Crippen LogP contribution in [0.25, 0.3) is 22.2 Å². The van der Waals surface area contributed by atoms with E-state index in [0.717, 1.165) is 33.6 Å². The van der Waals surface area contributed by atoms with Crippen LogP contribution in [-0.4, -0.2) is 29.8 Å². The third-order valence-corrected chi connectivity index (χ3v) is 3.94. The molecule has 0 aliphatic carbocycles. The summed E-state index contributed by atoms with van der Waals surface area (Å²) in [6.45, 7) is 4.32.